The average molecular weight is 425 g/mol. The molecule has 1 aliphatic rings. The van der Waals surface area contributed by atoms with Crippen LogP contribution in [0, 0.1) is 6.92 Å². The molecule has 0 bridgehead atoms. The Morgan fingerprint density at radius 2 is 2.10 bits per heavy atom. The Balaban J connectivity index is 1.93. The van der Waals surface area contributed by atoms with E-state index in [0.29, 0.717) is 0 Å². The first kappa shape index (κ1) is 14.9. The number of halogens is 1. The van der Waals surface area contributed by atoms with Gasteiger partial charge in [0.05, 0.1) is 0 Å². The fourth-order valence-corrected chi connectivity index (χ4v) is 4.18. The number of hydrogen-bond donors (Lipinski definition) is 0. The fourth-order valence-electron chi connectivity index (χ4n) is 1.96. The summed E-state index contributed by atoms with van der Waals surface area (Å²) in [6, 6.07) is 9.85. The van der Waals surface area contributed by atoms with E-state index in [-0.39, 0.29) is 0 Å². The van der Waals surface area contributed by atoms with Crippen molar-refractivity contribution in [2.24, 2.45) is 0 Å². The summed E-state index contributed by atoms with van der Waals surface area (Å²) in [6.45, 7) is 2.81. The van der Waals surface area contributed by atoms with Gasteiger partial charge in [0.2, 0.25) is 0 Å². The van der Waals surface area contributed by atoms with Gasteiger partial charge in [-0.3, -0.25) is 0 Å². The van der Waals surface area contributed by atoms with E-state index in [2.05, 4.69) is 31.2 Å². The van der Waals surface area contributed by atoms with Crippen molar-refractivity contribution in [2.75, 3.05) is 11.4 Å². The molecule has 3 rings (SSSR count). The topological polar surface area (TPSA) is 25.4 Å². The number of anilines is 1. The molecular weight excluding hydrogens is 411 g/mol. The standard InChI is InChI=1S/C15H14AsBrN2OS/c1-10-9-21-15(18-10)19-8-11(17)7-13(14(19)16)20-12-5-3-2-4-6-12/h2-7,9H,8,16H2,1H3. The van der Waals surface area contributed by atoms with Crippen molar-refractivity contribution in [1.82, 2.24) is 4.98 Å². The zero-order valence-corrected chi connectivity index (χ0v) is 16.2. The van der Waals surface area contributed by atoms with Gasteiger partial charge in [-0.1, -0.05) is 0 Å². The van der Waals surface area contributed by atoms with Crippen LogP contribution in [-0.2, 0) is 0 Å². The van der Waals surface area contributed by atoms with Gasteiger partial charge in [0.25, 0.3) is 0 Å². The fraction of sp³-hybridized carbons (Fsp3) is 0.133. The molecule has 2 aromatic rings. The number of rotatable bonds is 3. The van der Waals surface area contributed by atoms with E-state index in [9.17, 15) is 0 Å². The molecule has 108 valence electrons. The Kier molecular flexibility index (Phi) is 4.53. The first-order chi connectivity index (χ1) is 10.1. The molecule has 1 atom stereocenters. The summed E-state index contributed by atoms with van der Waals surface area (Å²) >= 11 is 6.80. The van der Waals surface area contributed by atoms with Crippen molar-refractivity contribution in [1.29, 1.82) is 0 Å². The third-order valence-electron chi connectivity index (χ3n) is 2.95. The molecule has 0 saturated heterocycles. The molecule has 21 heavy (non-hydrogen) atoms. The SMILES string of the molecule is Cc1csc(N2CC(Br)=CC(Oc3ccccc3)=C2[AsH2])n1. The van der Waals surface area contributed by atoms with Crippen LogP contribution in [0.15, 0.2) is 56.5 Å². The Morgan fingerprint density at radius 3 is 2.76 bits per heavy atom. The van der Waals surface area contributed by atoms with E-state index in [1.165, 1.54) is 16.9 Å². The Hall–Kier alpha value is -1.03. The Labute approximate surface area is 145 Å². The van der Waals surface area contributed by atoms with E-state index in [1.54, 1.807) is 11.3 Å². The second-order valence-electron chi connectivity index (χ2n) is 4.61. The molecule has 1 aromatic carbocycles. The van der Waals surface area contributed by atoms with Crippen molar-refractivity contribution < 1.29 is 4.74 Å². The summed E-state index contributed by atoms with van der Waals surface area (Å²) in [5.74, 6) is 1.71. The molecule has 2 heterocycles. The number of hydrogen-bond acceptors (Lipinski definition) is 4. The van der Waals surface area contributed by atoms with Crippen LogP contribution in [0.4, 0.5) is 5.13 Å². The van der Waals surface area contributed by atoms with Gasteiger partial charge in [-0.2, -0.15) is 0 Å². The van der Waals surface area contributed by atoms with Gasteiger partial charge < -0.3 is 0 Å². The number of ether oxygens (including phenoxy) is 1. The van der Waals surface area contributed by atoms with Crippen molar-refractivity contribution in [2.45, 2.75) is 6.92 Å². The molecule has 0 spiro atoms. The van der Waals surface area contributed by atoms with Crippen LogP contribution < -0.4 is 9.64 Å². The first-order valence-corrected chi connectivity index (χ1v) is 9.30. The summed E-state index contributed by atoms with van der Waals surface area (Å²) in [5.41, 5.74) is 1.05. The van der Waals surface area contributed by atoms with Crippen LogP contribution >= 0.6 is 27.3 Å². The average Bonchev–Trinajstić information content (AvgIpc) is 2.90. The number of allylic oxidation sites excluding steroid dienone is 1. The zero-order valence-electron chi connectivity index (χ0n) is 11.4. The predicted octanol–water partition coefficient (Wildman–Crippen LogP) is 3.43. The normalized spacial score (nSPS) is 15.2. The zero-order chi connectivity index (χ0) is 14.8. The van der Waals surface area contributed by atoms with Crippen LogP contribution in [0.1, 0.15) is 5.69 Å². The quantitative estimate of drug-likeness (QED) is 0.705. The number of aryl methyl sites for hydroxylation is 1. The van der Waals surface area contributed by atoms with Crippen molar-refractivity contribution in [3.63, 3.8) is 0 Å². The van der Waals surface area contributed by atoms with E-state index in [4.69, 9.17) is 4.74 Å². The van der Waals surface area contributed by atoms with Gasteiger partial charge in [0, 0.05) is 0 Å². The van der Waals surface area contributed by atoms with E-state index in [1.807, 2.05) is 43.3 Å². The summed E-state index contributed by atoms with van der Waals surface area (Å²) in [6.07, 6.45) is 2.04. The molecule has 1 aliphatic heterocycles. The molecule has 0 fully saturated rings. The Morgan fingerprint density at radius 1 is 1.33 bits per heavy atom. The number of thiazole rings is 1. The summed E-state index contributed by atoms with van der Waals surface area (Å²) < 4.78 is 8.23. The van der Waals surface area contributed by atoms with Crippen LogP contribution in [0.3, 0.4) is 0 Å². The minimum atomic E-state index is 0.794. The van der Waals surface area contributed by atoms with Gasteiger partial charge in [-0.15, -0.1) is 0 Å². The summed E-state index contributed by atoms with van der Waals surface area (Å²) in [7, 11) is 0. The van der Waals surface area contributed by atoms with Gasteiger partial charge in [-0.25, -0.2) is 0 Å². The molecule has 3 nitrogen and oxygen atoms in total. The third kappa shape index (κ3) is 3.42. The third-order valence-corrected chi connectivity index (χ3v) is 5.66. The van der Waals surface area contributed by atoms with Gasteiger partial charge >= 0.3 is 145 Å². The van der Waals surface area contributed by atoms with Gasteiger partial charge in [-0.05, 0) is 0 Å². The second-order valence-corrected chi connectivity index (χ2v) is 7.62. The van der Waals surface area contributed by atoms with E-state index < -0.39 is 0 Å². The van der Waals surface area contributed by atoms with Crippen LogP contribution in [0.5, 0.6) is 5.75 Å². The van der Waals surface area contributed by atoms with E-state index >= 15 is 0 Å². The second kappa shape index (κ2) is 6.39. The predicted molar refractivity (Wildman–Crippen MR) is 93.8 cm³/mol. The van der Waals surface area contributed by atoms with Crippen LogP contribution in [-0.4, -0.2) is 28.4 Å². The minimum absolute atomic E-state index is 0.794. The van der Waals surface area contributed by atoms with Crippen LogP contribution in [0.25, 0.3) is 0 Å². The monoisotopic (exact) mass is 424 g/mol. The number of aromatic nitrogens is 1. The molecule has 0 aliphatic carbocycles. The molecule has 0 amide bonds. The maximum atomic E-state index is 6.02. The Bertz CT molecular complexity index is 711. The van der Waals surface area contributed by atoms with Crippen molar-refractivity contribution in [3.8, 4) is 5.75 Å². The molecule has 6 heteroatoms. The molecular formula is C15H14AsBrN2OS. The molecule has 1 unspecified atom stereocenters. The number of para-hydroxylation sites is 1. The summed E-state index contributed by atoms with van der Waals surface area (Å²) in [5, 5.41) is 3.07. The molecule has 0 saturated carbocycles. The van der Waals surface area contributed by atoms with Crippen molar-refractivity contribution in [3.05, 3.63) is 62.2 Å². The first-order valence-electron chi connectivity index (χ1n) is 6.42. The summed E-state index contributed by atoms with van der Waals surface area (Å²) in [4.78, 5) is 6.77. The van der Waals surface area contributed by atoms with E-state index in [0.717, 1.165) is 37.8 Å². The van der Waals surface area contributed by atoms with Gasteiger partial charge in [0.1, 0.15) is 0 Å². The van der Waals surface area contributed by atoms with Gasteiger partial charge in [0.15, 0.2) is 0 Å². The number of benzene rings is 1. The van der Waals surface area contributed by atoms with Crippen molar-refractivity contribution >= 4 is 49.3 Å². The van der Waals surface area contributed by atoms with Crippen LogP contribution in [0.2, 0.25) is 0 Å². The number of nitrogens with zero attached hydrogens (tertiary/aromatic N) is 2. The maximum absolute atomic E-state index is 6.02. The molecule has 0 radical (unpaired) electrons. The molecule has 0 N–H and O–H groups in total. The molecule has 1 aromatic heterocycles.